The predicted molar refractivity (Wildman–Crippen MR) is 55.7 cm³/mol. The molecule has 0 saturated carbocycles. The molecule has 0 unspecified atom stereocenters. The number of carboxylic acids is 1. The maximum atomic E-state index is 10.1. The Morgan fingerprint density at radius 3 is 2.19 bits per heavy atom. The molecular weight excluding hydrogens is 212 g/mol. The Labute approximate surface area is 91.9 Å². The summed E-state index contributed by atoms with van der Waals surface area (Å²) in [6.07, 6.45) is 0.222. The van der Waals surface area contributed by atoms with E-state index >= 15 is 0 Å². The maximum Gasteiger partial charge on any atom is 0.303 e. The highest BCUT2D eigenvalue weighted by molar-refractivity contribution is 5.66. The fraction of sp³-hybridized carbons (Fsp3) is 0.200. The highest BCUT2D eigenvalue weighted by atomic mass is 16.6. The zero-order chi connectivity index (χ0) is 12.6. The van der Waals surface area contributed by atoms with Gasteiger partial charge in [-0.1, -0.05) is 6.92 Å². The summed E-state index contributed by atoms with van der Waals surface area (Å²) in [5.41, 5.74) is 0.430. The predicted octanol–water partition coefficient (Wildman–Crippen LogP) is 1.95. The van der Waals surface area contributed by atoms with Crippen LogP contribution in [0, 0.1) is 21.4 Å². The molecule has 0 radical (unpaired) electrons. The standard InChI is InChI=1S/C7H4N2O2.C3H6O2/c8-5-6-1-3-7(4-2-6)9(10)11;1-2-3(4)5/h1-4H;2H2,1H3,(H,4,5). The molecule has 1 aromatic rings. The zero-order valence-corrected chi connectivity index (χ0v) is 8.58. The molecule has 0 aliphatic rings. The lowest BCUT2D eigenvalue weighted by atomic mass is 10.2. The molecular formula is C10H10N2O4. The Morgan fingerprint density at radius 2 is 1.94 bits per heavy atom. The summed E-state index contributed by atoms with van der Waals surface area (Å²) in [5, 5.41) is 26.2. The van der Waals surface area contributed by atoms with Crippen LogP contribution in [0.2, 0.25) is 0 Å². The van der Waals surface area contributed by atoms with Crippen LogP contribution < -0.4 is 0 Å². The molecule has 0 bridgehead atoms. The molecule has 0 fully saturated rings. The van der Waals surface area contributed by atoms with E-state index in [9.17, 15) is 14.9 Å². The van der Waals surface area contributed by atoms with Crippen LogP contribution in [-0.4, -0.2) is 16.0 Å². The molecule has 1 N–H and O–H groups in total. The molecule has 0 amide bonds. The molecule has 0 aliphatic heterocycles. The van der Waals surface area contributed by atoms with Gasteiger partial charge in [0, 0.05) is 18.6 Å². The number of non-ortho nitro benzene ring substituents is 1. The van der Waals surface area contributed by atoms with Crippen LogP contribution in [0.1, 0.15) is 18.9 Å². The first-order valence-electron chi connectivity index (χ1n) is 4.37. The van der Waals surface area contributed by atoms with Crippen molar-refractivity contribution in [2.75, 3.05) is 0 Å². The van der Waals surface area contributed by atoms with Gasteiger partial charge in [0.15, 0.2) is 0 Å². The molecule has 0 atom stereocenters. The summed E-state index contributed by atoms with van der Waals surface area (Å²) in [6, 6.07) is 7.31. The Hall–Kier alpha value is -2.42. The number of nitro benzene ring substituents is 1. The number of nitriles is 1. The van der Waals surface area contributed by atoms with Gasteiger partial charge in [-0.05, 0) is 12.1 Å². The third kappa shape index (κ3) is 5.34. The van der Waals surface area contributed by atoms with Crippen molar-refractivity contribution < 1.29 is 14.8 Å². The molecule has 16 heavy (non-hydrogen) atoms. The minimum Gasteiger partial charge on any atom is -0.481 e. The van der Waals surface area contributed by atoms with Crippen molar-refractivity contribution in [3.05, 3.63) is 39.9 Å². The van der Waals surface area contributed by atoms with Crippen LogP contribution in [0.3, 0.4) is 0 Å². The van der Waals surface area contributed by atoms with E-state index in [0.717, 1.165) is 0 Å². The SMILES string of the molecule is CCC(=O)O.N#Cc1ccc([N+](=O)[O-])cc1. The van der Waals surface area contributed by atoms with Gasteiger partial charge in [-0.2, -0.15) is 5.26 Å². The smallest absolute Gasteiger partial charge is 0.303 e. The molecule has 1 rings (SSSR count). The van der Waals surface area contributed by atoms with E-state index in [0.29, 0.717) is 5.56 Å². The Balaban J connectivity index is 0.000000385. The first kappa shape index (κ1) is 13.6. The fourth-order valence-electron chi connectivity index (χ4n) is 0.658. The molecule has 0 heterocycles. The number of hydrogen-bond acceptors (Lipinski definition) is 4. The number of hydrogen-bond donors (Lipinski definition) is 1. The first-order valence-corrected chi connectivity index (χ1v) is 4.37. The number of nitrogens with zero attached hydrogens (tertiary/aromatic N) is 2. The topological polar surface area (TPSA) is 104 Å². The van der Waals surface area contributed by atoms with Crippen LogP contribution in [-0.2, 0) is 4.79 Å². The highest BCUT2D eigenvalue weighted by Crippen LogP contribution is 2.10. The molecule has 84 valence electrons. The van der Waals surface area contributed by atoms with Gasteiger partial charge < -0.3 is 5.11 Å². The van der Waals surface area contributed by atoms with E-state index in [1.54, 1.807) is 6.92 Å². The second-order valence-electron chi connectivity index (χ2n) is 2.66. The van der Waals surface area contributed by atoms with Crippen molar-refractivity contribution in [1.29, 1.82) is 5.26 Å². The highest BCUT2D eigenvalue weighted by Gasteiger charge is 2.02. The number of benzene rings is 1. The second kappa shape index (κ2) is 6.95. The molecule has 0 aromatic heterocycles. The van der Waals surface area contributed by atoms with Gasteiger partial charge >= 0.3 is 5.97 Å². The summed E-state index contributed by atoms with van der Waals surface area (Å²) in [4.78, 5) is 19.0. The third-order valence-electron chi connectivity index (χ3n) is 1.51. The Morgan fingerprint density at radius 1 is 1.50 bits per heavy atom. The molecule has 0 spiro atoms. The molecule has 1 aromatic carbocycles. The van der Waals surface area contributed by atoms with Gasteiger partial charge in [-0.25, -0.2) is 0 Å². The van der Waals surface area contributed by atoms with Crippen molar-refractivity contribution >= 4 is 11.7 Å². The summed E-state index contributed by atoms with van der Waals surface area (Å²) < 4.78 is 0. The molecule has 0 aliphatic carbocycles. The third-order valence-corrected chi connectivity index (χ3v) is 1.51. The average molecular weight is 222 g/mol. The van der Waals surface area contributed by atoms with Gasteiger partial charge in [0.1, 0.15) is 0 Å². The normalized spacial score (nSPS) is 8.25. The molecule has 0 saturated heterocycles. The van der Waals surface area contributed by atoms with E-state index in [-0.39, 0.29) is 12.1 Å². The summed E-state index contributed by atoms with van der Waals surface area (Å²) in [5.74, 6) is -0.745. The minimum atomic E-state index is -0.745. The van der Waals surface area contributed by atoms with Crippen LogP contribution in [0.5, 0.6) is 0 Å². The van der Waals surface area contributed by atoms with Gasteiger partial charge in [-0.3, -0.25) is 14.9 Å². The fourth-order valence-corrected chi connectivity index (χ4v) is 0.658. The van der Waals surface area contributed by atoms with E-state index in [1.807, 2.05) is 6.07 Å². The lowest BCUT2D eigenvalue weighted by Crippen LogP contribution is -1.86. The number of carbonyl (C=O) groups is 1. The quantitative estimate of drug-likeness (QED) is 0.608. The van der Waals surface area contributed by atoms with Gasteiger partial charge in [0.2, 0.25) is 0 Å². The van der Waals surface area contributed by atoms with E-state index in [1.165, 1.54) is 24.3 Å². The van der Waals surface area contributed by atoms with Gasteiger partial charge in [-0.15, -0.1) is 0 Å². The number of aliphatic carboxylic acids is 1. The van der Waals surface area contributed by atoms with Gasteiger partial charge in [0.25, 0.3) is 5.69 Å². The van der Waals surface area contributed by atoms with Crippen molar-refractivity contribution in [2.45, 2.75) is 13.3 Å². The van der Waals surface area contributed by atoms with E-state index < -0.39 is 10.9 Å². The van der Waals surface area contributed by atoms with Crippen LogP contribution in [0.4, 0.5) is 5.69 Å². The number of nitro groups is 1. The largest absolute Gasteiger partial charge is 0.481 e. The maximum absolute atomic E-state index is 10.1. The monoisotopic (exact) mass is 222 g/mol. The second-order valence-corrected chi connectivity index (χ2v) is 2.66. The zero-order valence-electron chi connectivity index (χ0n) is 8.58. The molecule has 6 heteroatoms. The Kier molecular flexibility index (Phi) is 5.90. The lowest BCUT2D eigenvalue weighted by Gasteiger charge is -1.88. The van der Waals surface area contributed by atoms with Crippen LogP contribution >= 0.6 is 0 Å². The van der Waals surface area contributed by atoms with Crippen molar-refractivity contribution in [3.8, 4) is 6.07 Å². The minimum absolute atomic E-state index is 0.00370. The summed E-state index contributed by atoms with van der Waals surface area (Å²) in [7, 11) is 0. The average Bonchev–Trinajstić information content (AvgIpc) is 2.29. The Bertz CT molecular complexity index is 406. The van der Waals surface area contributed by atoms with E-state index in [4.69, 9.17) is 10.4 Å². The van der Waals surface area contributed by atoms with Crippen molar-refractivity contribution in [1.82, 2.24) is 0 Å². The number of rotatable bonds is 2. The summed E-state index contributed by atoms with van der Waals surface area (Å²) >= 11 is 0. The first-order chi connectivity index (χ1) is 7.51. The van der Waals surface area contributed by atoms with Crippen molar-refractivity contribution in [3.63, 3.8) is 0 Å². The van der Waals surface area contributed by atoms with Crippen LogP contribution in [0.25, 0.3) is 0 Å². The molecule has 6 nitrogen and oxygen atoms in total. The van der Waals surface area contributed by atoms with Crippen LogP contribution in [0.15, 0.2) is 24.3 Å². The lowest BCUT2D eigenvalue weighted by molar-refractivity contribution is -0.384. The number of carboxylic acid groups (broad SMARTS) is 1. The van der Waals surface area contributed by atoms with Gasteiger partial charge in [0.05, 0.1) is 16.6 Å². The van der Waals surface area contributed by atoms with Crippen molar-refractivity contribution in [2.24, 2.45) is 0 Å². The summed E-state index contributed by atoms with van der Waals surface area (Å²) in [6.45, 7) is 1.60. The van der Waals surface area contributed by atoms with E-state index in [2.05, 4.69) is 0 Å².